The minimum atomic E-state index is -0.0658. The lowest BCUT2D eigenvalue weighted by Crippen LogP contribution is -2.42. The topological polar surface area (TPSA) is 47.3 Å². The summed E-state index contributed by atoms with van der Waals surface area (Å²) in [5, 5.41) is 4.17. The summed E-state index contributed by atoms with van der Waals surface area (Å²) in [6.07, 6.45) is 3.57. The molecule has 1 aromatic rings. The normalized spacial score (nSPS) is 22.2. The fraction of sp³-hybridized carbons (Fsp3) is 0.538. The second-order valence-corrected chi connectivity index (χ2v) is 4.90. The van der Waals surface area contributed by atoms with Crippen molar-refractivity contribution in [1.82, 2.24) is 5.32 Å². The van der Waals surface area contributed by atoms with Crippen LogP contribution in [0.25, 0.3) is 0 Å². The van der Waals surface area contributed by atoms with E-state index in [1.807, 2.05) is 18.2 Å². The van der Waals surface area contributed by atoms with E-state index in [0.717, 1.165) is 24.3 Å². The number of nitrogens with two attached hydrogens (primary N) is 1. The molecule has 1 saturated heterocycles. The summed E-state index contributed by atoms with van der Waals surface area (Å²) in [5.41, 5.74) is 7.30. The monoisotopic (exact) mass is 254 g/mol. The lowest BCUT2D eigenvalue weighted by Gasteiger charge is -2.30. The van der Waals surface area contributed by atoms with Gasteiger partial charge in [-0.1, -0.05) is 18.0 Å². The van der Waals surface area contributed by atoms with Crippen LogP contribution in [0.3, 0.4) is 0 Å². The number of hydrogen-bond donors (Lipinski definition) is 2. The fourth-order valence-corrected chi connectivity index (χ4v) is 2.55. The van der Waals surface area contributed by atoms with Crippen LogP contribution in [-0.2, 0) is 0 Å². The maximum absolute atomic E-state index is 6.31. The minimum absolute atomic E-state index is 0.0658. The maximum atomic E-state index is 6.31. The number of piperidine rings is 1. The molecule has 4 heteroatoms. The van der Waals surface area contributed by atoms with Gasteiger partial charge in [-0.3, -0.25) is 0 Å². The predicted molar refractivity (Wildman–Crippen MR) is 70.6 cm³/mol. The number of hydrogen-bond acceptors (Lipinski definition) is 3. The Hall–Kier alpha value is -0.770. The summed E-state index contributed by atoms with van der Waals surface area (Å²) in [6.45, 7) is 1.04. The van der Waals surface area contributed by atoms with Crippen LogP contribution in [0.15, 0.2) is 18.2 Å². The molecule has 1 heterocycles. The van der Waals surface area contributed by atoms with Gasteiger partial charge in [0.05, 0.1) is 7.11 Å². The number of halogens is 1. The zero-order valence-corrected chi connectivity index (χ0v) is 10.8. The Balaban J connectivity index is 2.21. The number of benzene rings is 1. The molecule has 2 rings (SSSR count). The Bertz CT molecular complexity index is 378. The summed E-state index contributed by atoms with van der Waals surface area (Å²) in [4.78, 5) is 0. The molecule has 2 unspecified atom stereocenters. The standard InChI is InChI=1S/C13H19ClN2O/c1-17-12-6-5-9(14)8-10(12)13(15)11-4-2-3-7-16-11/h5-6,8,11,13,16H,2-4,7,15H2,1H3. The van der Waals surface area contributed by atoms with Crippen molar-refractivity contribution < 1.29 is 4.74 Å². The number of methoxy groups -OCH3 is 1. The van der Waals surface area contributed by atoms with Crippen molar-refractivity contribution in [3.63, 3.8) is 0 Å². The molecule has 0 radical (unpaired) electrons. The van der Waals surface area contributed by atoms with Crippen LogP contribution in [0.4, 0.5) is 0 Å². The second kappa shape index (κ2) is 5.71. The average molecular weight is 255 g/mol. The third kappa shape index (κ3) is 2.92. The Labute approximate surface area is 107 Å². The van der Waals surface area contributed by atoms with Gasteiger partial charge in [0.15, 0.2) is 0 Å². The van der Waals surface area contributed by atoms with E-state index >= 15 is 0 Å². The molecule has 0 aromatic heterocycles. The Morgan fingerprint density at radius 1 is 1.47 bits per heavy atom. The van der Waals surface area contributed by atoms with Gasteiger partial charge >= 0.3 is 0 Å². The van der Waals surface area contributed by atoms with Crippen LogP contribution in [0, 0.1) is 0 Å². The molecular formula is C13H19ClN2O. The molecule has 1 aromatic carbocycles. The van der Waals surface area contributed by atoms with E-state index in [-0.39, 0.29) is 6.04 Å². The third-order valence-electron chi connectivity index (χ3n) is 3.33. The zero-order valence-electron chi connectivity index (χ0n) is 10.1. The van der Waals surface area contributed by atoms with E-state index < -0.39 is 0 Å². The summed E-state index contributed by atoms with van der Waals surface area (Å²) >= 11 is 6.03. The maximum Gasteiger partial charge on any atom is 0.123 e. The van der Waals surface area contributed by atoms with Gasteiger partial charge in [0.2, 0.25) is 0 Å². The minimum Gasteiger partial charge on any atom is -0.496 e. The van der Waals surface area contributed by atoms with Crippen molar-refractivity contribution in [1.29, 1.82) is 0 Å². The first kappa shape index (κ1) is 12.7. The molecule has 17 heavy (non-hydrogen) atoms. The molecular weight excluding hydrogens is 236 g/mol. The molecule has 3 N–H and O–H groups in total. The molecule has 0 bridgehead atoms. The summed E-state index contributed by atoms with van der Waals surface area (Å²) in [6, 6.07) is 5.85. The summed E-state index contributed by atoms with van der Waals surface area (Å²) in [7, 11) is 1.66. The van der Waals surface area contributed by atoms with Gasteiger partial charge in [0, 0.05) is 22.7 Å². The van der Waals surface area contributed by atoms with E-state index in [1.54, 1.807) is 7.11 Å². The molecule has 2 atom stereocenters. The number of rotatable bonds is 3. The van der Waals surface area contributed by atoms with Gasteiger partial charge in [-0.15, -0.1) is 0 Å². The molecule has 3 nitrogen and oxygen atoms in total. The van der Waals surface area contributed by atoms with Crippen molar-refractivity contribution >= 4 is 11.6 Å². The summed E-state index contributed by atoms with van der Waals surface area (Å²) < 4.78 is 5.35. The van der Waals surface area contributed by atoms with E-state index in [1.165, 1.54) is 12.8 Å². The van der Waals surface area contributed by atoms with Crippen molar-refractivity contribution in [3.05, 3.63) is 28.8 Å². The van der Waals surface area contributed by atoms with Gasteiger partial charge < -0.3 is 15.8 Å². The first-order chi connectivity index (χ1) is 8.22. The van der Waals surface area contributed by atoms with Crippen LogP contribution < -0.4 is 15.8 Å². The highest BCUT2D eigenvalue weighted by Gasteiger charge is 2.23. The Kier molecular flexibility index (Phi) is 4.26. The van der Waals surface area contributed by atoms with Crippen molar-refractivity contribution in [2.75, 3.05) is 13.7 Å². The summed E-state index contributed by atoms with van der Waals surface area (Å²) in [5.74, 6) is 0.814. The molecule has 0 aliphatic carbocycles. The van der Waals surface area contributed by atoms with Crippen LogP contribution in [0.5, 0.6) is 5.75 Å². The van der Waals surface area contributed by atoms with Crippen molar-refractivity contribution in [3.8, 4) is 5.75 Å². The van der Waals surface area contributed by atoms with Crippen LogP contribution in [0.1, 0.15) is 30.9 Å². The van der Waals surface area contributed by atoms with Crippen LogP contribution in [0.2, 0.25) is 5.02 Å². The van der Waals surface area contributed by atoms with E-state index in [0.29, 0.717) is 11.1 Å². The first-order valence-corrected chi connectivity index (χ1v) is 6.42. The molecule has 1 aliphatic rings. The number of nitrogens with one attached hydrogen (secondary N) is 1. The molecule has 1 aliphatic heterocycles. The molecule has 0 spiro atoms. The smallest absolute Gasteiger partial charge is 0.123 e. The lowest BCUT2D eigenvalue weighted by molar-refractivity contribution is 0.342. The molecule has 1 fully saturated rings. The predicted octanol–water partition coefficient (Wildman–Crippen LogP) is 2.49. The Morgan fingerprint density at radius 3 is 2.94 bits per heavy atom. The first-order valence-electron chi connectivity index (χ1n) is 6.05. The largest absolute Gasteiger partial charge is 0.496 e. The quantitative estimate of drug-likeness (QED) is 0.871. The van der Waals surface area contributed by atoms with Gasteiger partial charge in [-0.05, 0) is 37.6 Å². The molecule has 0 saturated carbocycles. The SMILES string of the molecule is COc1ccc(Cl)cc1C(N)C1CCCCN1. The van der Waals surface area contributed by atoms with E-state index in [2.05, 4.69) is 5.32 Å². The van der Waals surface area contributed by atoms with Gasteiger partial charge in [-0.25, -0.2) is 0 Å². The van der Waals surface area contributed by atoms with E-state index in [9.17, 15) is 0 Å². The lowest BCUT2D eigenvalue weighted by atomic mass is 9.93. The molecule has 94 valence electrons. The fourth-order valence-electron chi connectivity index (χ4n) is 2.37. The van der Waals surface area contributed by atoms with Crippen LogP contribution in [-0.4, -0.2) is 19.7 Å². The zero-order chi connectivity index (χ0) is 12.3. The Morgan fingerprint density at radius 2 is 2.29 bits per heavy atom. The van der Waals surface area contributed by atoms with Crippen molar-refractivity contribution in [2.24, 2.45) is 5.73 Å². The number of ether oxygens (including phenoxy) is 1. The highest BCUT2D eigenvalue weighted by Crippen LogP contribution is 2.30. The van der Waals surface area contributed by atoms with Crippen LogP contribution >= 0.6 is 11.6 Å². The highest BCUT2D eigenvalue weighted by molar-refractivity contribution is 6.30. The third-order valence-corrected chi connectivity index (χ3v) is 3.57. The van der Waals surface area contributed by atoms with Gasteiger partial charge in [-0.2, -0.15) is 0 Å². The average Bonchev–Trinajstić information content (AvgIpc) is 2.39. The van der Waals surface area contributed by atoms with Gasteiger partial charge in [0.25, 0.3) is 0 Å². The van der Waals surface area contributed by atoms with E-state index in [4.69, 9.17) is 22.1 Å². The second-order valence-electron chi connectivity index (χ2n) is 4.47. The highest BCUT2D eigenvalue weighted by atomic mass is 35.5. The van der Waals surface area contributed by atoms with Crippen molar-refractivity contribution in [2.45, 2.75) is 31.3 Å². The molecule has 0 amide bonds. The van der Waals surface area contributed by atoms with Gasteiger partial charge in [0.1, 0.15) is 5.75 Å².